The lowest BCUT2D eigenvalue weighted by atomic mass is 9.89. The summed E-state index contributed by atoms with van der Waals surface area (Å²) in [6, 6.07) is 6.06. The van der Waals surface area contributed by atoms with Crippen molar-refractivity contribution in [1.82, 2.24) is 0 Å². The molecule has 0 aliphatic carbocycles. The molecule has 3 nitrogen and oxygen atoms in total. The van der Waals surface area contributed by atoms with E-state index in [0.29, 0.717) is 0 Å². The van der Waals surface area contributed by atoms with Gasteiger partial charge in [0, 0.05) is 12.8 Å². The molecule has 0 aromatic heterocycles. The van der Waals surface area contributed by atoms with Gasteiger partial charge in [0.1, 0.15) is 11.9 Å². The van der Waals surface area contributed by atoms with Crippen molar-refractivity contribution in [3.63, 3.8) is 0 Å². The van der Waals surface area contributed by atoms with E-state index in [9.17, 15) is 4.79 Å². The summed E-state index contributed by atoms with van der Waals surface area (Å²) in [4.78, 5) is 11.3. The predicted octanol–water partition coefficient (Wildman–Crippen LogP) is 4.23. The van der Waals surface area contributed by atoms with Gasteiger partial charge in [-0.2, -0.15) is 0 Å². The molecular weight excluding hydrogens is 252 g/mol. The summed E-state index contributed by atoms with van der Waals surface area (Å²) >= 11 is 0. The molecule has 0 aliphatic rings. The van der Waals surface area contributed by atoms with E-state index in [2.05, 4.69) is 26.8 Å². The van der Waals surface area contributed by atoms with E-state index in [1.54, 1.807) is 7.11 Å². The second-order valence-corrected chi connectivity index (χ2v) is 5.30. The summed E-state index contributed by atoms with van der Waals surface area (Å²) in [5.41, 5.74) is 2.39. The average molecular weight is 278 g/mol. The van der Waals surface area contributed by atoms with E-state index >= 15 is 0 Å². The SMILES string of the molecule is CCCC[C@@H](OC(C)=O)[C@H](C)c1ccc(OC)cc1C. The average Bonchev–Trinajstić information content (AvgIpc) is 2.42. The van der Waals surface area contributed by atoms with Crippen LogP contribution in [0.15, 0.2) is 18.2 Å². The molecule has 0 fully saturated rings. The zero-order valence-corrected chi connectivity index (χ0v) is 13.2. The first-order valence-electron chi connectivity index (χ1n) is 7.31. The van der Waals surface area contributed by atoms with Crippen molar-refractivity contribution in [3.8, 4) is 5.75 Å². The Kier molecular flexibility index (Phi) is 6.56. The van der Waals surface area contributed by atoms with Crippen LogP contribution in [0.2, 0.25) is 0 Å². The number of methoxy groups -OCH3 is 1. The maximum Gasteiger partial charge on any atom is 0.302 e. The molecule has 0 saturated heterocycles. The van der Waals surface area contributed by atoms with Crippen molar-refractivity contribution in [2.24, 2.45) is 0 Å². The summed E-state index contributed by atoms with van der Waals surface area (Å²) in [6.07, 6.45) is 3.02. The normalized spacial score (nSPS) is 13.7. The molecule has 1 aromatic carbocycles. The van der Waals surface area contributed by atoms with Gasteiger partial charge in [-0.1, -0.05) is 32.8 Å². The number of aryl methyl sites for hydroxylation is 1. The highest BCUT2D eigenvalue weighted by Crippen LogP contribution is 2.29. The number of rotatable bonds is 7. The zero-order valence-electron chi connectivity index (χ0n) is 13.2. The van der Waals surface area contributed by atoms with Crippen LogP contribution >= 0.6 is 0 Å². The fourth-order valence-corrected chi connectivity index (χ4v) is 2.52. The van der Waals surface area contributed by atoms with Gasteiger partial charge < -0.3 is 9.47 Å². The molecule has 0 heterocycles. The fourth-order valence-electron chi connectivity index (χ4n) is 2.52. The Morgan fingerprint density at radius 2 is 2.05 bits per heavy atom. The highest BCUT2D eigenvalue weighted by Gasteiger charge is 2.22. The molecule has 2 atom stereocenters. The van der Waals surface area contributed by atoms with Gasteiger partial charge in [0.25, 0.3) is 0 Å². The molecule has 20 heavy (non-hydrogen) atoms. The van der Waals surface area contributed by atoms with Gasteiger partial charge in [-0.15, -0.1) is 0 Å². The van der Waals surface area contributed by atoms with Crippen LogP contribution in [0, 0.1) is 6.92 Å². The van der Waals surface area contributed by atoms with Crippen molar-refractivity contribution < 1.29 is 14.3 Å². The van der Waals surface area contributed by atoms with Crippen LogP contribution in [0.3, 0.4) is 0 Å². The molecule has 1 aromatic rings. The molecule has 0 radical (unpaired) electrons. The molecule has 0 spiro atoms. The second-order valence-electron chi connectivity index (χ2n) is 5.30. The Morgan fingerprint density at radius 1 is 1.35 bits per heavy atom. The predicted molar refractivity (Wildman–Crippen MR) is 81.2 cm³/mol. The summed E-state index contributed by atoms with van der Waals surface area (Å²) < 4.78 is 10.7. The summed E-state index contributed by atoms with van der Waals surface area (Å²) in [5.74, 6) is 0.844. The maximum atomic E-state index is 11.3. The van der Waals surface area contributed by atoms with Crippen LogP contribution in [0.4, 0.5) is 0 Å². The lowest BCUT2D eigenvalue weighted by Crippen LogP contribution is -2.23. The number of hydrogen-bond donors (Lipinski definition) is 0. The number of unbranched alkanes of at least 4 members (excludes halogenated alkanes) is 1. The largest absolute Gasteiger partial charge is 0.497 e. The highest BCUT2D eigenvalue weighted by molar-refractivity contribution is 5.66. The van der Waals surface area contributed by atoms with E-state index < -0.39 is 0 Å². The Bertz CT molecular complexity index is 440. The minimum absolute atomic E-state index is 0.0560. The lowest BCUT2D eigenvalue weighted by molar-refractivity contribution is -0.147. The molecule has 0 amide bonds. The van der Waals surface area contributed by atoms with Crippen molar-refractivity contribution in [1.29, 1.82) is 0 Å². The Hall–Kier alpha value is -1.51. The first kappa shape index (κ1) is 16.5. The van der Waals surface area contributed by atoms with Crippen LogP contribution < -0.4 is 4.74 Å². The van der Waals surface area contributed by atoms with Crippen molar-refractivity contribution in [2.45, 2.75) is 59.0 Å². The van der Waals surface area contributed by atoms with Crippen LogP contribution in [-0.2, 0) is 9.53 Å². The first-order valence-corrected chi connectivity index (χ1v) is 7.31. The van der Waals surface area contributed by atoms with Crippen molar-refractivity contribution >= 4 is 5.97 Å². The van der Waals surface area contributed by atoms with E-state index in [-0.39, 0.29) is 18.0 Å². The van der Waals surface area contributed by atoms with Gasteiger partial charge in [0.05, 0.1) is 7.11 Å². The van der Waals surface area contributed by atoms with Crippen molar-refractivity contribution in [3.05, 3.63) is 29.3 Å². The summed E-state index contributed by atoms with van der Waals surface area (Å²) in [7, 11) is 1.67. The fraction of sp³-hybridized carbons (Fsp3) is 0.588. The van der Waals surface area contributed by atoms with Crippen molar-refractivity contribution in [2.75, 3.05) is 7.11 Å². The van der Waals surface area contributed by atoms with Crippen LogP contribution in [0.5, 0.6) is 5.75 Å². The monoisotopic (exact) mass is 278 g/mol. The number of benzene rings is 1. The zero-order chi connectivity index (χ0) is 15.1. The van der Waals surface area contributed by atoms with Gasteiger partial charge in [-0.05, 0) is 36.6 Å². The molecule has 3 heteroatoms. The van der Waals surface area contributed by atoms with Gasteiger partial charge >= 0.3 is 5.97 Å². The van der Waals surface area contributed by atoms with Gasteiger partial charge in [0.2, 0.25) is 0 Å². The van der Waals surface area contributed by atoms with E-state index in [4.69, 9.17) is 9.47 Å². The maximum absolute atomic E-state index is 11.3. The molecule has 112 valence electrons. The smallest absolute Gasteiger partial charge is 0.302 e. The molecule has 0 aliphatic heterocycles. The number of hydrogen-bond acceptors (Lipinski definition) is 3. The van der Waals surface area contributed by atoms with Crippen LogP contribution in [-0.4, -0.2) is 19.2 Å². The number of carbonyl (C=O) groups is 1. The molecule has 0 unspecified atom stereocenters. The topological polar surface area (TPSA) is 35.5 Å². The quantitative estimate of drug-likeness (QED) is 0.700. The number of carbonyl (C=O) groups excluding carboxylic acids is 1. The van der Waals surface area contributed by atoms with E-state index in [1.807, 2.05) is 12.1 Å². The Labute approximate surface area is 122 Å². The third-order valence-corrected chi connectivity index (χ3v) is 3.68. The molecule has 1 rings (SSSR count). The van der Waals surface area contributed by atoms with E-state index in [0.717, 1.165) is 25.0 Å². The second kappa shape index (κ2) is 7.93. The van der Waals surface area contributed by atoms with Crippen LogP contribution in [0.25, 0.3) is 0 Å². The summed E-state index contributed by atoms with van der Waals surface area (Å²) in [6.45, 7) is 7.82. The third-order valence-electron chi connectivity index (χ3n) is 3.68. The first-order chi connectivity index (χ1) is 9.49. The van der Waals surface area contributed by atoms with Gasteiger partial charge in [-0.3, -0.25) is 4.79 Å². The Balaban J connectivity index is 2.92. The molecule has 0 N–H and O–H groups in total. The number of esters is 1. The molecule has 0 bridgehead atoms. The Morgan fingerprint density at radius 3 is 2.55 bits per heavy atom. The van der Waals surface area contributed by atoms with Crippen LogP contribution in [0.1, 0.15) is 57.1 Å². The van der Waals surface area contributed by atoms with E-state index in [1.165, 1.54) is 18.1 Å². The lowest BCUT2D eigenvalue weighted by Gasteiger charge is -2.25. The van der Waals surface area contributed by atoms with Gasteiger partial charge in [-0.25, -0.2) is 0 Å². The number of ether oxygens (including phenoxy) is 2. The highest BCUT2D eigenvalue weighted by atomic mass is 16.5. The summed E-state index contributed by atoms with van der Waals surface area (Å²) in [5, 5.41) is 0. The third kappa shape index (κ3) is 4.55. The minimum Gasteiger partial charge on any atom is -0.497 e. The molecular formula is C17H26O3. The molecule has 0 saturated carbocycles. The minimum atomic E-state index is -0.205. The van der Waals surface area contributed by atoms with Gasteiger partial charge in [0.15, 0.2) is 0 Å². The standard InChI is InChI=1S/C17H26O3/c1-6-7-8-17(20-14(4)18)13(3)16-10-9-15(19-5)11-12(16)2/h9-11,13,17H,6-8H2,1-5H3/t13-,17-/m1/s1.